The predicted octanol–water partition coefficient (Wildman–Crippen LogP) is 12.1. The first kappa shape index (κ1) is 28.6. The summed E-state index contributed by atoms with van der Waals surface area (Å²) >= 11 is 0. The van der Waals surface area contributed by atoms with Crippen LogP contribution in [0.4, 0.5) is 11.4 Å². The summed E-state index contributed by atoms with van der Waals surface area (Å²) in [6.07, 6.45) is 0.835. The minimum Gasteiger partial charge on any atom is -0.319 e. The smallest absolute Gasteiger partial charge is 0.211 e. The van der Waals surface area contributed by atoms with Crippen LogP contribution in [0.1, 0.15) is 16.7 Å². The lowest BCUT2D eigenvalue weighted by Gasteiger charge is -2.19. The summed E-state index contributed by atoms with van der Waals surface area (Å²) in [5, 5.41) is 15.1. The van der Waals surface area contributed by atoms with Gasteiger partial charge in [-0.1, -0.05) is 97.1 Å². The van der Waals surface area contributed by atoms with E-state index in [1.54, 1.807) is 12.1 Å². The maximum atomic E-state index is 10.6. The molecule has 2 heterocycles. The molecular formula is C46H25N5. The largest absolute Gasteiger partial charge is 0.319 e. The van der Waals surface area contributed by atoms with Crippen molar-refractivity contribution in [3.05, 3.63) is 179 Å². The third-order valence-corrected chi connectivity index (χ3v) is 10.4. The zero-order valence-electron chi connectivity index (χ0n) is 27.2. The zero-order valence-corrected chi connectivity index (χ0v) is 27.2. The summed E-state index contributed by atoms with van der Waals surface area (Å²) in [6, 6.07) is 49.7. The van der Waals surface area contributed by atoms with Gasteiger partial charge in [-0.05, 0) is 76.7 Å². The Hall–Kier alpha value is -7.39. The Kier molecular flexibility index (Phi) is 6.06. The maximum Gasteiger partial charge on any atom is 0.211 e. The third-order valence-electron chi connectivity index (χ3n) is 10.4. The standard InChI is InChI=1S/C46H25N5/c1-48-38-21-19-30(27-47)46(51-42-18-10-7-15-35(42)37-26-36-31(25-44(37)51)23-28-11-3-4-12-32(28)36)45(38)29-20-22-43(39(24-29)49-2)50-40-16-8-5-13-33(40)34-14-6-9-17-41(34)50/h3-22,24-26H,23H2. The Morgan fingerprint density at radius 3 is 1.84 bits per heavy atom. The fourth-order valence-electron chi connectivity index (χ4n) is 8.26. The molecular weight excluding hydrogens is 623 g/mol. The number of benzene rings is 7. The molecule has 0 N–H and O–H groups in total. The van der Waals surface area contributed by atoms with E-state index < -0.39 is 0 Å². The second-order valence-corrected chi connectivity index (χ2v) is 13.0. The first-order valence-electron chi connectivity index (χ1n) is 16.8. The SMILES string of the molecule is [C-]#[N+]c1cc(-c2c([N+]#[C-])ccc(C#N)c2-n2c3ccccc3c3cc4c(cc32)Cc2ccccc2-4)ccc1-n1c2ccccc2c2ccccc21. The molecule has 51 heavy (non-hydrogen) atoms. The summed E-state index contributed by atoms with van der Waals surface area (Å²) in [7, 11) is 0. The van der Waals surface area contributed by atoms with E-state index in [1.807, 2.05) is 54.6 Å². The molecule has 1 aliphatic carbocycles. The number of nitriles is 1. The molecule has 0 fully saturated rings. The van der Waals surface area contributed by atoms with E-state index in [0.717, 1.165) is 55.7 Å². The van der Waals surface area contributed by atoms with Crippen molar-refractivity contribution in [1.82, 2.24) is 9.13 Å². The molecule has 0 saturated heterocycles. The Bertz CT molecular complexity index is 3040. The van der Waals surface area contributed by atoms with Gasteiger partial charge in [-0.15, -0.1) is 0 Å². The van der Waals surface area contributed by atoms with Gasteiger partial charge in [0.2, 0.25) is 5.69 Å². The van der Waals surface area contributed by atoms with Crippen molar-refractivity contribution in [3.8, 4) is 39.7 Å². The second-order valence-electron chi connectivity index (χ2n) is 13.0. The number of hydrogen-bond acceptors (Lipinski definition) is 1. The van der Waals surface area contributed by atoms with Gasteiger partial charge in [-0.2, -0.15) is 5.26 Å². The highest BCUT2D eigenvalue weighted by atomic mass is 15.0. The Morgan fingerprint density at radius 2 is 1.16 bits per heavy atom. The van der Waals surface area contributed by atoms with E-state index in [2.05, 4.69) is 97.7 Å². The number of rotatable bonds is 3. The molecule has 0 aliphatic heterocycles. The Labute approximate surface area is 293 Å². The van der Waals surface area contributed by atoms with Gasteiger partial charge >= 0.3 is 0 Å². The lowest BCUT2D eigenvalue weighted by molar-refractivity contribution is 1.16. The van der Waals surface area contributed by atoms with E-state index in [9.17, 15) is 5.26 Å². The van der Waals surface area contributed by atoms with E-state index in [4.69, 9.17) is 13.1 Å². The number of hydrogen-bond donors (Lipinski definition) is 0. The molecule has 5 heteroatoms. The molecule has 9 aromatic rings. The number of aromatic nitrogens is 2. The molecule has 1 aliphatic rings. The molecule has 5 nitrogen and oxygen atoms in total. The third kappa shape index (κ3) is 4.00. The lowest BCUT2D eigenvalue weighted by Crippen LogP contribution is -2.02. The van der Waals surface area contributed by atoms with E-state index in [1.165, 1.54) is 22.3 Å². The molecule has 0 bridgehead atoms. The van der Waals surface area contributed by atoms with Crippen LogP contribution >= 0.6 is 0 Å². The highest BCUT2D eigenvalue weighted by Gasteiger charge is 2.26. The van der Waals surface area contributed by atoms with Crippen LogP contribution in [0.2, 0.25) is 0 Å². The zero-order chi connectivity index (χ0) is 34.2. The average Bonchev–Trinajstić information content (AvgIpc) is 3.83. The van der Waals surface area contributed by atoms with Gasteiger partial charge in [-0.25, -0.2) is 9.69 Å². The summed E-state index contributed by atoms with van der Waals surface area (Å²) in [4.78, 5) is 8.05. The topological polar surface area (TPSA) is 42.4 Å². The molecule has 0 unspecified atom stereocenters. The van der Waals surface area contributed by atoms with Gasteiger partial charge in [0.05, 0.1) is 52.1 Å². The van der Waals surface area contributed by atoms with E-state index >= 15 is 0 Å². The minimum absolute atomic E-state index is 0.420. The van der Waals surface area contributed by atoms with Crippen molar-refractivity contribution in [2.24, 2.45) is 0 Å². The summed E-state index contributed by atoms with van der Waals surface area (Å²) in [5.74, 6) is 0. The van der Waals surface area contributed by atoms with Crippen molar-refractivity contribution in [2.75, 3.05) is 0 Å². The molecule has 0 atom stereocenters. The lowest BCUT2D eigenvalue weighted by atomic mass is 9.96. The molecule has 0 saturated carbocycles. The monoisotopic (exact) mass is 647 g/mol. The van der Waals surface area contributed by atoms with Crippen molar-refractivity contribution in [2.45, 2.75) is 6.42 Å². The molecule has 7 aromatic carbocycles. The van der Waals surface area contributed by atoms with Crippen LogP contribution in [0.15, 0.2) is 140 Å². The van der Waals surface area contributed by atoms with Crippen LogP contribution in [0.5, 0.6) is 0 Å². The van der Waals surface area contributed by atoms with Crippen LogP contribution in [0, 0.1) is 24.5 Å². The van der Waals surface area contributed by atoms with Crippen molar-refractivity contribution in [1.29, 1.82) is 5.26 Å². The van der Waals surface area contributed by atoms with Gasteiger partial charge in [0, 0.05) is 27.1 Å². The van der Waals surface area contributed by atoms with Crippen LogP contribution in [-0.2, 0) is 6.42 Å². The van der Waals surface area contributed by atoms with Gasteiger partial charge in [0.25, 0.3) is 0 Å². The normalized spacial score (nSPS) is 11.8. The van der Waals surface area contributed by atoms with Crippen molar-refractivity contribution in [3.63, 3.8) is 0 Å². The van der Waals surface area contributed by atoms with Gasteiger partial charge in [0.1, 0.15) is 6.07 Å². The highest BCUT2D eigenvalue weighted by Crippen LogP contribution is 2.47. The van der Waals surface area contributed by atoms with Crippen LogP contribution in [0.25, 0.3) is 86.9 Å². The molecule has 0 amide bonds. The molecule has 0 radical (unpaired) electrons. The first-order valence-corrected chi connectivity index (χ1v) is 16.8. The maximum absolute atomic E-state index is 10.6. The van der Waals surface area contributed by atoms with Gasteiger partial charge in [-0.3, -0.25) is 0 Å². The van der Waals surface area contributed by atoms with E-state index in [0.29, 0.717) is 33.8 Å². The summed E-state index contributed by atoms with van der Waals surface area (Å²) < 4.78 is 4.31. The predicted molar refractivity (Wildman–Crippen MR) is 206 cm³/mol. The van der Waals surface area contributed by atoms with Crippen molar-refractivity contribution < 1.29 is 0 Å². The first-order chi connectivity index (χ1) is 25.2. The molecule has 2 aromatic heterocycles. The van der Waals surface area contributed by atoms with Gasteiger partial charge < -0.3 is 9.13 Å². The Balaban J connectivity index is 1.26. The quantitative estimate of drug-likeness (QED) is 0.176. The second kappa shape index (κ2) is 10.8. The summed E-state index contributed by atoms with van der Waals surface area (Å²) in [5.41, 5.74) is 13.1. The Morgan fingerprint density at radius 1 is 0.529 bits per heavy atom. The van der Waals surface area contributed by atoms with Gasteiger partial charge in [0.15, 0.2) is 5.69 Å². The van der Waals surface area contributed by atoms with E-state index in [-0.39, 0.29) is 0 Å². The number of para-hydroxylation sites is 3. The minimum atomic E-state index is 0.420. The fraction of sp³-hybridized carbons (Fsp3) is 0.0217. The number of nitrogens with zero attached hydrogens (tertiary/aromatic N) is 5. The van der Waals surface area contributed by atoms with Crippen LogP contribution in [0.3, 0.4) is 0 Å². The number of fused-ring (bicyclic) bond motifs is 9. The van der Waals surface area contributed by atoms with Crippen LogP contribution < -0.4 is 0 Å². The molecule has 10 rings (SSSR count). The molecule has 234 valence electrons. The average molecular weight is 648 g/mol. The van der Waals surface area contributed by atoms with Crippen molar-refractivity contribution >= 4 is 55.0 Å². The highest BCUT2D eigenvalue weighted by molar-refractivity contribution is 6.13. The summed E-state index contributed by atoms with van der Waals surface area (Å²) in [6.45, 7) is 16.7. The fourth-order valence-corrected chi connectivity index (χ4v) is 8.26. The molecule has 0 spiro atoms. The van der Waals surface area contributed by atoms with Crippen LogP contribution in [-0.4, -0.2) is 9.13 Å².